The first-order chi connectivity index (χ1) is 12.0. The highest BCUT2D eigenvalue weighted by atomic mass is 16.6. The number of methoxy groups -OCH3 is 1. The summed E-state index contributed by atoms with van der Waals surface area (Å²) in [6.45, 7) is 0.405. The predicted octanol–water partition coefficient (Wildman–Crippen LogP) is -0.117. The van der Waals surface area contributed by atoms with E-state index in [0.29, 0.717) is 18.0 Å². The molecular formula is C14H21N5O6. The number of aliphatic hydroxyl groups is 1. The molecular weight excluding hydrogens is 334 g/mol. The Balaban J connectivity index is 2.63. The highest BCUT2D eigenvalue weighted by molar-refractivity contribution is 5.96. The molecule has 138 valence electrons. The molecule has 3 amide bonds. The van der Waals surface area contributed by atoms with E-state index >= 15 is 0 Å². The van der Waals surface area contributed by atoms with Crippen LogP contribution in [0.15, 0.2) is 18.2 Å². The van der Waals surface area contributed by atoms with Crippen LogP contribution in [0.3, 0.4) is 0 Å². The number of nitrogens with zero attached hydrogens (tertiary/aromatic N) is 1. The highest BCUT2D eigenvalue weighted by Gasteiger charge is 2.12. The number of amides is 3. The van der Waals surface area contributed by atoms with Crippen LogP contribution in [0.4, 0.5) is 21.9 Å². The number of rotatable bonds is 10. The molecule has 0 aliphatic heterocycles. The normalized spacial score (nSPS) is 10.0. The van der Waals surface area contributed by atoms with E-state index in [0.717, 1.165) is 0 Å². The van der Waals surface area contributed by atoms with Crippen molar-refractivity contribution in [3.8, 4) is 0 Å². The third kappa shape index (κ3) is 7.46. The lowest BCUT2D eigenvalue weighted by Gasteiger charge is -2.13. The zero-order valence-corrected chi connectivity index (χ0v) is 13.7. The van der Waals surface area contributed by atoms with E-state index in [9.17, 15) is 19.7 Å². The first-order valence-corrected chi connectivity index (χ1v) is 7.41. The molecule has 0 aliphatic carbocycles. The standard InChI is InChI=1S/C14H21N5O6/c1-25-7-5-16-14(22)18-13(21)9-17-12-8-10(19(23)24)2-3-11(12)15-4-6-20/h2-3,8,15,17,20H,4-7,9H2,1H3,(H2,16,18,21,22). The molecule has 0 unspecified atom stereocenters. The molecule has 1 aromatic rings. The maximum Gasteiger partial charge on any atom is 0.321 e. The maximum absolute atomic E-state index is 11.7. The van der Waals surface area contributed by atoms with Gasteiger partial charge in [0.05, 0.1) is 36.1 Å². The van der Waals surface area contributed by atoms with Crippen molar-refractivity contribution < 1.29 is 24.4 Å². The fourth-order valence-corrected chi connectivity index (χ4v) is 1.79. The molecule has 11 nitrogen and oxygen atoms in total. The van der Waals surface area contributed by atoms with Crippen molar-refractivity contribution in [3.05, 3.63) is 28.3 Å². The van der Waals surface area contributed by atoms with E-state index in [2.05, 4.69) is 21.3 Å². The van der Waals surface area contributed by atoms with Gasteiger partial charge in [-0.3, -0.25) is 20.2 Å². The average Bonchev–Trinajstić information content (AvgIpc) is 2.58. The smallest absolute Gasteiger partial charge is 0.321 e. The zero-order chi connectivity index (χ0) is 18.7. The van der Waals surface area contributed by atoms with Crippen LogP contribution in [0.25, 0.3) is 0 Å². The molecule has 1 rings (SSSR count). The average molecular weight is 355 g/mol. The largest absolute Gasteiger partial charge is 0.395 e. The summed E-state index contributed by atoms with van der Waals surface area (Å²) < 4.78 is 4.76. The number of benzene rings is 1. The van der Waals surface area contributed by atoms with Crippen molar-refractivity contribution in [2.45, 2.75) is 0 Å². The number of urea groups is 1. The molecule has 0 fully saturated rings. The van der Waals surface area contributed by atoms with Crippen LogP contribution in [-0.2, 0) is 9.53 Å². The first kappa shape index (κ1) is 20.1. The number of nitro benzene ring substituents is 1. The third-order valence-electron chi connectivity index (χ3n) is 2.93. The van der Waals surface area contributed by atoms with E-state index in [-0.39, 0.29) is 31.9 Å². The first-order valence-electron chi connectivity index (χ1n) is 7.41. The molecule has 25 heavy (non-hydrogen) atoms. The molecule has 0 atom stereocenters. The molecule has 0 spiro atoms. The van der Waals surface area contributed by atoms with E-state index < -0.39 is 16.9 Å². The van der Waals surface area contributed by atoms with Crippen LogP contribution >= 0.6 is 0 Å². The second-order valence-electron chi connectivity index (χ2n) is 4.79. The molecule has 0 aliphatic rings. The van der Waals surface area contributed by atoms with Gasteiger partial charge in [0, 0.05) is 32.3 Å². The van der Waals surface area contributed by atoms with Crippen LogP contribution in [0.1, 0.15) is 0 Å². The van der Waals surface area contributed by atoms with Gasteiger partial charge in [0.2, 0.25) is 5.91 Å². The summed E-state index contributed by atoms with van der Waals surface area (Å²) in [5.41, 5.74) is 0.629. The van der Waals surface area contributed by atoms with Crippen LogP contribution < -0.4 is 21.3 Å². The molecule has 0 bridgehead atoms. The van der Waals surface area contributed by atoms with Gasteiger partial charge in [-0.1, -0.05) is 0 Å². The Morgan fingerprint density at radius 2 is 2.00 bits per heavy atom. The Morgan fingerprint density at radius 3 is 2.64 bits per heavy atom. The van der Waals surface area contributed by atoms with Gasteiger partial charge in [0.25, 0.3) is 5.69 Å². The van der Waals surface area contributed by atoms with Gasteiger partial charge in [-0.15, -0.1) is 0 Å². The number of hydrogen-bond acceptors (Lipinski definition) is 8. The molecule has 11 heteroatoms. The van der Waals surface area contributed by atoms with Crippen LogP contribution in [0, 0.1) is 10.1 Å². The second-order valence-corrected chi connectivity index (χ2v) is 4.79. The van der Waals surface area contributed by atoms with Crippen LogP contribution in [0.5, 0.6) is 0 Å². The summed E-state index contributed by atoms with van der Waals surface area (Å²) >= 11 is 0. The minimum atomic E-state index is -0.665. The number of hydrogen-bond donors (Lipinski definition) is 5. The number of aliphatic hydroxyl groups excluding tert-OH is 1. The fraction of sp³-hybridized carbons (Fsp3) is 0.429. The summed E-state index contributed by atoms with van der Waals surface area (Å²) in [6, 6.07) is 3.35. The number of nitrogens with one attached hydrogen (secondary N) is 4. The van der Waals surface area contributed by atoms with E-state index in [1.165, 1.54) is 25.3 Å². The summed E-state index contributed by atoms with van der Waals surface area (Å²) in [6.07, 6.45) is 0. The number of nitro groups is 1. The van der Waals surface area contributed by atoms with Gasteiger partial charge in [-0.2, -0.15) is 0 Å². The Morgan fingerprint density at radius 1 is 1.24 bits per heavy atom. The lowest BCUT2D eigenvalue weighted by atomic mass is 10.2. The van der Waals surface area contributed by atoms with Gasteiger partial charge < -0.3 is 25.8 Å². The van der Waals surface area contributed by atoms with Crippen LogP contribution in [-0.4, -0.2) is 61.9 Å². The summed E-state index contributed by atoms with van der Waals surface area (Å²) in [5, 5.41) is 29.8. The minimum absolute atomic E-state index is 0.126. The number of non-ortho nitro benzene ring substituents is 1. The van der Waals surface area contributed by atoms with Crippen molar-refractivity contribution in [2.24, 2.45) is 0 Å². The van der Waals surface area contributed by atoms with Crippen molar-refractivity contribution in [1.82, 2.24) is 10.6 Å². The number of ether oxygens (including phenoxy) is 1. The Kier molecular flexibility index (Phi) is 8.68. The maximum atomic E-state index is 11.7. The van der Waals surface area contributed by atoms with Gasteiger partial charge in [-0.25, -0.2) is 4.79 Å². The molecule has 0 heterocycles. The summed E-state index contributed by atoms with van der Waals surface area (Å²) in [4.78, 5) is 33.5. The lowest BCUT2D eigenvalue weighted by molar-refractivity contribution is -0.384. The molecule has 0 radical (unpaired) electrons. The van der Waals surface area contributed by atoms with Gasteiger partial charge in [0.15, 0.2) is 0 Å². The van der Waals surface area contributed by atoms with Gasteiger partial charge in [0.1, 0.15) is 0 Å². The molecule has 0 saturated carbocycles. The SMILES string of the molecule is COCCNC(=O)NC(=O)CNc1cc([N+](=O)[O-])ccc1NCCO. The quantitative estimate of drug-likeness (QED) is 0.221. The van der Waals surface area contributed by atoms with E-state index in [4.69, 9.17) is 9.84 Å². The highest BCUT2D eigenvalue weighted by Crippen LogP contribution is 2.26. The molecule has 0 aromatic heterocycles. The summed E-state index contributed by atoms with van der Waals surface area (Å²) in [7, 11) is 1.48. The second kappa shape index (κ2) is 10.8. The number of carbonyl (C=O) groups excluding carboxylic acids is 2. The lowest BCUT2D eigenvalue weighted by Crippen LogP contribution is -2.43. The fourth-order valence-electron chi connectivity index (χ4n) is 1.79. The predicted molar refractivity (Wildman–Crippen MR) is 90.6 cm³/mol. The van der Waals surface area contributed by atoms with Crippen molar-refractivity contribution in [1.29, 1.82) is 0 Å². The molecule has 5 N–H and O–H groups in total. The Hall–Kier alpha value is -2.92. The number of carbonyl (C=O) groups is 2. The van der Waals surface area contributed by atoms with Gasteiger partial charge >= 0.3 is 6.03 Å². The van der Waals surface area contributed by atoms with Crippen molar-refractivity contribution >= 4 is 29.0 Å². The van der Waals surface area contributed by atoms with E-state index in [1.807, 2.05) is 0 Å². The third-order valence-corrected chi connectivity index (χ3v) is 2.93. The van der Waals surface area contributed by atoms with Crippen LogP contribution in [0.2, 0.25) is 0 Å². The Bertz CT molecular complexity index is 609. The molecule has 1 aromatic carbocycles. The number of imide groups is 1. The minimum Gasteiger partial charge on any atom is -0.395 e. The Labute approximate surface area is 143 Å². The van der Waals surface area contributed by atoms with Crippen molar-refractivity contribution in [2.75, 3.05) is 50.6 Å². The monoisotopic (exact) mass is 355 g/mol. The van der Waals surface area contributed by atoms with E-state index in [1.54, 1.807) is 0 Å². The topological polar surface area (TPSA) is 155 Å². The number of anilines is 2. The van der Waals surface area contributed by atoms with Crippen molar-refractivity contribution in [3.63, 3.8) is 0 Å². The van der Waals surface area contributed by atoms with Gasteiger partial charge in [-0.05, 0) is 6.07 Å². The zero-order valence-electron chi connectivity index (χ0n) is 13.7. The summed E-state index contributed by atoms with van der Waals surface area (Å²) in [5.74, 6) is -0.616. The molecule has 0 saturated heterocycles.